The minimum Gasteiger partial charge on any atom is -0.286 e. The third-order valence-corrected chi connectivity index (χ3v) is 6.60. The Bertz CT molecular complexity index is 210. The lowest BCUT2D eigenvalue weighted by atomic mass is 10.7. The normalized spacial score (nSPS) is 25.4. The smallest absolute Gasteiger partial charge is 0.204 e. The van der Waals surface area contributed by atoms with Crippen molar-refractivity contribution in [2.24, 2.45) is 0 Å². The average molecular weight is 208 g/mol. The van der Waals surface area contributed by atoms with Crippen LogP contribution in [-0.2, 0) is 4.79 Å². The Labute approximate surface area is 75.6 Å². The van der Waals surface area contributed by atoms with Gasteiger partial charge in [-0.2, -0.15) is 0 Å². The highest BCUT2D eigenvalue weighted by Crippen LogP contribution is 2.53. The molecule has 0 fully saturated rings. The van der Waals surface area contributed by atoms with Gasteiger partial charge in [-0.05, 0) is 22.6 Å². The van der Waals surface area contributed by atoms with E-state index in [1.165, 1.54) is 20.9 Å². The first-order valence-corrected chi connectivity index (χ1v) is 6.84. The number of hydrogen-bond donors (Lipinski definition) is 0. The molecule has 0 N–H and O–H groups in total. The maximum absolute atomic E-state index is 10.9. The topological polar surface area (TPSA) is 17.1 Å². The molecule has 1 nitrogen and oxygen atoms in total. The maximum Gasteiger partial charge on any atom is 0.204 e. The molecule has 2 aliphatic rings. The molecule has 0 aromatic rings. The largest absolute Gasteiger partial charge is 0.286 e. The SMILES string of the molecule is O=C1CSC2=C(SSC2)S1. The summed E-state index contributed by atoms with van der Waals surface area (Å²) in [6, 6.07) is 0. The number of thioether (sulfide) groups is 2. The summed E-state index contributed by atoms with van der Waals surface area (Å²) < 4.78 is 1.24. The fourth-order valence-electron chi connectivity index (χ4n) is 0.695. The fourth-order valence-corrected chi connectivity index (χ4v) is 6.48. The van der Waals surface area contributed by atoms with Crippen molar-refractivity contribution in [1.29, 1.82) is 0 Å². The van der Waals surface area contributed by atoms with Crippen LogP contribution in [0.1, 0.15) is 0 Å². The van der Waals surface area contributed by atoms with Crippen LogP contribution >= 0.6 is 45.1 Å². The van der Waals surface area contributed by atoms with Crippen LogP contribution in [-0.4, -0.2) is 16.6 Å². The van der Waals surface area contributed by atoms with E-state index >= 15 is 0 Å². The first-order valence-electron chi connectivity index (χ1n) is 2.72. The Morgan fingerprint density at radius 3 is 3.10 bits per heavy atom. The number of rotatable bonds is 0. The molecule has 10 heavy (non-hydrogen) atoms. The van der Waals surface area contributed by atoms with Crippen LogP contribution in [0.2, 0.25) is 0 Å². The first kappa shape index (κ1) is 7.46. The van der Waals surface area contributed by atoms with Gasteiger partial charge in [-0.1, -0.05) is 10.8 Å². The zero-order chi connectivity index (χ0) is 6.97. The van der Waals surface area contributed by atoms with Crippen LogP contribution in [0.5, 0.6) is 0 Å². The van der Waals surface area contributed by atoms with E-state index in [0.29, 0.717) is 10.9 Å². The Morgan fingerprint density at radius 1 is 1.30 bits per heavy atom. The summed E-state index contributed by atoms with van der Waals surface area (Å²) in [5.74, 6) is 1.77. The lowest BCUT2D eigenvalue weighted by molar-refractivity contribution is -0.108. The number of carbonyl (C=O) groups is 1. The van der Waals surface area contributed by atoms with Crippen molar-refractivity contribution < 1.29 is 4.79 Å². The van der Waals surface area contributed by atoms with Crippen molar-refractivity contribution in [2.45, 2.75) is 0 Å². The summed E-state index contributed by atoms with van der Waals surface area (Å²) >= 11 is 3.13. The van der Waals surface area contributed by atoms with Crippen molar-refractivity contribution in [3.8, 4) is 0 Å². The van der Waals surface area contributed by atoms with E-state index in [1.54, 1.807) is 22.6 Å². The fraction of sp³-hybridized carbons (Fsp3) is 0.400. The molecule has 2 heterocycles. The van der Waals surface area contributed by atoms with E-state index < -0.39 is 0 Å². The summed E-state index contributed by atoms with van der Waals surface area (Å²) in [6.07, 6.45) is 0. The molecule has 0 bridgehead atoms. The van der Waals surface area contributed by atoms with E-state index in [-0.39, 0.29) is 0 Å². The van der Waals surface area contributed by atoms with Crippen LogP contribution < -0.4 is 0 Å². The molecule has 0 radical (unpaired) electrons. The second kappa shape index (κ2) is 3.05. The molecule has 0 aliphatic carbocycles. The molecule has 2 aliphatic heterocycles. The van der Waals surface area contributed by atoms with Crippen molar-refractivity contribution in [2.75, 3.05) is 11.5 Å². The number of hydrogen-bond acceptors (Lipinski definition) is 5. The Hall–Kier alpha value is 0.810. The van der Waals surface area contributed by atoms with Gasteiger partial charge in [0.1, 0.15) is 0 Å². The molecule has 0 saturated heterocycles. The summed E-state index contributed by atoms with van der Waals surface area (Å²) in [5, 5.41) is 0.304. The Kier molecular flexibility index (Phi) is 2.27. The molecular formula is C5H4OS4. The molecule has 0 aromatic heterocycles. The van der Waals surface area contributed by atoms with Crippen LogP contribution in [0.15, 0.2) is 9.14 Å². The van der Waals surface area contributed by atoms with Crippen LogP contribution in [0.3, 0.4) is 0 Å². The van der Waals surface area contributed by atoms with Gasteiger partial charge in [-0.25, -0.2) is 0 Å². The third-order valence-electron chi connectivity index (χ3n) is 1.12. The van der Waals surface area contributed by atoms with Crippen molar-refractivity contribution in [3.05, 3.63) is 9.14 Å². The average Bonchev–Trinajstić information content (AvgIpc) is 2.33. The molecular weight excluding hydrogens is 204 g/mol. The van der Waals surface area contributed by atoms with E-state index in [4.69, 9.17) is 0 Å². The lowest BCUT2D eigenvalue weighted by Gasteiger charge is -2.08. The van der Waals surface area contributed by atoms with Gasteiger partial charge in [0.2, 0.25) is 5.12 Å². The molecule has 0 atom stereocenters. The lowest BCUT2D eigenvalue weighted by Crippen LogP contribution is -2.00. The molecule has 5 heteroatoms. The zero-order valence-corrected chi connectivity index (χ0v) is 8.22. The standard InChI is InChI=1S/C5H4OS4/c6-4-2-7-3-1-8-10-5(3)9-4/h1-2H2. The molecule has 0 amide bonds. The molecule has 0 aromatic carbocycles. The summed E-state index contributed by atoms with van der Waals surface area (Å²) in [6.45, 7) is 0. The van der Waals surface area contributed by atoms with E-state index in [9.17, 15) is 4.79 Å². The van der Waals surface area contributed by atoms with E-state index in [0.717, 1.165) is 5.75 Å². The molecule has 0 spiro atoms. The highest BCUT2D eigenvalue weighted by molar-refractivity contribution is 8.81. The van der Waals surface area contributed by atoms with Gasteiger partial charge in [0, 0.05) is 10.7 Å². The predicted molar refractivity (Wildman–Crippen MR) is 52.1 cm³/mol. The zero-order valence-electron chi connectivity index (χ0n) is 4.96. The highest BCUT2D eigenvalue weighted by atomic mass is 33.1. The second-order valence-electron chi connectivity index (χ2n) is 1.82. The minimum atomic E-state index is 0.304. The van der Waals surface area contributed by atoms with Gasteiger partial charge in [0.15, 0.2) is 0 Å². The van der Waals surface area contributed by atoms with Crippen molar-refractivity contribution >= 4 is 50.2 Å². The van der Waals surface area contributed by atoms with Gasteiger partial charge in [-0.15, -0.1) is 11.8 Å². The first-order chi connectivity index (χ1) is 4.86. The minimum absolute atomic E-state index is 0.304. The third kappa shape index (κ3) is 1.37. The maximum atomic E-state index is 10.9. The van der Waals surface area contributed by atoms with Gasteiger partial charge >= 0.3 is 0 Å². The monoisotopic (exact) mass is 208 g/mol. The highest BCUT2D eigenvalue weighted by Gasteiger charge is 2.24. The second-order valence-corrected chi connectivity index (χ2v) is 6.52. The summed E-state index contributed by atoms with van der Waals surface area (Å²) in [5.41, 5.74) is 0. The van der Waals surface area contributed by atoms with E-state index in [2.05, 4.69) is 0 Å². The molecule has 2 rings (SSSR count). The van der Waals surface area contributed by atoms with Gasteiger partial charge in [-0.3, -0.25) is 4.79 Å². The van der Waals surface area contributed by atoms with Crippen LogP contribution in [0, 0.1) is 0 Å². The molecule has 0 unspecified atom stereocenters. The van der Waals surface area contributed by atoms with Crippen molar-refractivity contribution in [1.82, 2.24) is 0 Å². The van der Waals surface area contributed by atoms with Gasteiger partial charge in [0.25, 0.3) is 0 Å². The Balaban J connectivity index is 2.21. The van der Waals surface area contributed by atoms with E-state index in [1.807, 2.05) is 10.8 Å². The van der Waals surface area contributed by atoms with Gasteiger partial charge < -0.3 is 0 Å². The number of carbonyl (C=O) groups excluding carboxylic acids is 1. The molecule has 0 saturated carbocycles. The molecule has 54 valence electrons. The quantitative estimate of drug-likeness (QED) is 0.567. The Morgan fingerprint density at radius 2 is 2.20 bits per heavy atom. The van der Waals surface area contributed by atoms with Crippen LogP contribution in [0.25, 0.3) is 0 Å². The summed E-state index contributed by atoms with van der Waals surface area (Å²) in [7, 11) is 3.58. The van der Waals surface area contributed by atoms with Gasteiger partial charge in [0.05, 0.1) is 9.99 Å². The summed E-state index contributed by atoms with van der Waals surface area (Å²) in [4.78, 5) is 12.3. The predicted octanol–water partition coefficient (Wildman–Crippen LogP) is 2.56. The van der Waals surface area contributed by atoms with Crippen LogP contribution in [0.4, 0.5) is 0 Å². The van der Waals surface area contributed by atoms with Crippen molar-refractivity contribution in [3.63, 3.8) is 0 Å².